The predicted molar refractivity (Wildman–Crippen MR) is 50.4 cm³/mol. The van der Waals surface area contributed by atoms with E-state index in [1.807, 2.05) is 6.07 Å². The smallest absolute Gasteiger partial charge is 0.115 e. The number of halogens is 2. The largest absolute Gasteiger partial charge is 0.508 e. The molecule has 0 aliphatic rings. The van der Waals surface area contributed by atoms with Gasteiger partial charge in [-0.05, 0) is 46.4 Å². The minimum Gasteiger partial charge on any atom is -0.508 e. The number of benzene rings is 1. The van der Waals surface area contributed by atoms with E-state index in [-0.39, 0.29) is 5.75 Å². The third kappa shape index (κ3) is 1.76. The average molecular weight is 268 g/mol. The van der Waals surface area contributed by atoms with Crippen LogP contribution in [0.3, 0.4) is 0 Å². The van der Waals surface area contributed by atoms with Crippen molar-refractivity contribution in [2.45, 2.75) is 5.88 Å². The fourth-order valence-corrected chi connectivity index (χ4v) is 1.64. The summed E-state index contributed by atoms with van der Waals surface area (Å²) in [5.41, 5.74) is 0.974. The number of phenolic OH excluding ortho intramolecular Hbond substituents is 1. The second-order valence-electron chi connectivity index (χ2n) is 1.91. The minimum atomic E-state index is 0.274. The number of rotatable bonds is 1. The van der Waals surface area contributed by atoms with Gasteiger partial charge in [0.1, 0.15) is 5.75 Å². The Kier molecular flexibility index (Phi) is 2.80. The topological polar surface area (TPSA) is 20.2 Å². The van der Waals surface area contributed by atoms with Gasteiger partial charge in [-0.25, -0.2) is 0 Å². The van der Waals surface area contributed by atoms with E-state index in [4.69, 9.17) is 16.7 Å². The summed E-state index contributed by atoms with van der Waals surface area (Å²) < 4.78 is 1.09. The molecule has 0 fully saturated rings. The van der Waals surface area contributed by atoms with Gasteiger partial charge < -0.3 is 5.11 Å². The molecule has 0 saturated heterocycles. The molecule has 0 aromatic heterocycles. The first-order chi connectivity index (χ1) is 4.74. The molecular formula is C7H6ClIO. The Labute approximate surface area is 78.2 Å². The average Bonchev–Trinajstić information content (AvgIpc) is 1.94. The van der Waals surface area contributed by atoms with Crippen LogP contribution in [0.2, 0.25) is 0 Å². The second-order valence-corrected chi connectivity index (χ2v) is 3.34. The maximum atomic E-state index is 9.01. The fourth-order valence-electron chi connectivity index (χ4n) is 0.664. The highest BCUT2D eigenvalue weighted by molar-refractivity contribution is 14.1. The Balaban J connectivity index is 3.09. The van der Waals surface area contributed by atoms with Gasteiger partial charge in [-0.3, -0.25) is 0 Å². The summed E-state index contributed by atoms with van der Waals surface area (Å²) in [6.07, 6.45) is 0. The van der Waals surface area contributed by atoms with Gasteiger partial charge in [0.15, 0.2) is 0 Å². The van der Waals surface area contributed by atoms with Crippen LogP contribution in [0.25, 0.3) is 0 Å². The highest BCUT2D eigenvalue weighted by Gasteiger charge is 1.97. The Morgan fingerprint density at radius 2 is 2.20 bits per heavy atom. The summed E-state index contributed by atoms with van der Waals surface area (Å²) in [4.78, 5) is 0. The lowest BCUT2D eigenvalue weighted by molar-refractivity contribution is 0.474. The zero-order valence-electron chi connectivity index (χ0n) is 5.14. The van der Waals surface area contributed by atoms with Gasteiger partial charge in [-0.15, -0.1) is 11.6 Å². The van der Waals surface area contributed by atoms with E-state index in [2.05, 4.69) is 22.6 Å². The molecule has 10 heavy (non-hydrogen) atoms. The lowest BCUT2D eigenvalue weighted by Crippen LogP contribution is -1.81. The van der Waals surface area contributed by atoms with E-state index in [0.29, 0.717) is 5.88 Å². The van der Waals surface area contributed by atoms with Crippen molar-refractivity contribution in [1.82, 2.24) is 0 Å². The van der Waals surface area contributed by atoms with Crippen LogP contribution >= 0.6 is 34.2 Å². The molecule has 0 heterocycles. The standard InChI is InChI=1S/C7H6ClIO/c8-4-5-3-6(10)1-2-7(5)9/h1-3,10H,4H2. The SMILES string of the molecule is Oc1ccc(I)c(CCl)c1. The lowest BCUT2D eigenvalue weighted by atomic mass is 10.2. The number of hydrogen-bond acceptors (Lipinski definition) is 1. The van der Waals surface area contributed by atoms with Crippen LogP contribution < -0.4 is 0 Å². The van der Waals surface area contributed by atoms with Gasteiger partial charge in [0.2, 0.25) is 0 Å². The molecule has 1 aromatic carbocycles. The molecule has 1 N–H and O–H groups in total. The van der Waals surface area contributed by atoms with Crippen LogP contribution in [0, 0.1) is 3.57 Å². The zero-order valence-corrected chi connectivity index (χ0v) is 8.06. The Morgan fingerprint density at radius 1 is 1.50 bits per heavy atom. The quantitative estimate of drug-likeness (QED) is 0.613. The third-order valence-corrected chi connectivity index (χ3v) is 2.51. The Morgan fingerprint density at radius 3 is 2.70 bits per heavy atom. The first kappa shape index (κ1) is 8.14. The summed E-state index contributed by atoms with van der Waals surface area (Å²) >= 11 is 7.77. The summed E-state index contributed by atoms with van der Waals surface area (Å²) in [5.74, 6) is 0.725. The fraction of sp³-hybridized carbons (Fsp3) is 0.143. The van der Waals surface area contributed by atoms with Gasteiger partial charge in [-0.2, -0.15) is 0 Å². The van der Waals surface area contributed by atoms with Crippen molar-refractivity contribution < 1.29 is 5.11 Å². The maximum absolute atomic E-state index is 9.01. The number of alkyl halides is 1. The molecule has 0 atom stereocenters. The maximum Gasteiger partial charge on any atom is 0.115 e. The van der Waals surface area contributed by atoms with Crippen molar-refractivity contribution in [2.24, 2.45) is 0 Å². The number of phenols is 1. The Hall–Kier alpha value is 0.0400. The number of hydrogen-bond donors (Lipinski definition) is 1. The van der Waals surface area contributed by atoms with Crippen molar-refractivity contribution in [1.29, 1.82) is 0 Å². The first-order valence-electron chi connectivity index (χ1n) is 2.77. The van der Waals surface area contributed by atoms with Gasteiger partial charge in [-0.1, -0.05) is 0 Å². The molecule has 0 aliphatic heterocycles. The third-order valence-electron chi connectivity index (χ3n) is 1.17. The van der Waals surface area contributed by atoms with E-state index in [9.17, 15) is 0 Å². The van der Waals surface area contributed by atoms with Crippen molar-refractivity contribution in [3.63, 3.8) is 0 Å². The van der Waals surface area contributed by atoms with E-state index in [1.165, 1.54) is 0 Å². The van der Waals surface area contributed by atoms with Crippen molar-refractivity contribution >= 4 is 34.2 Å². The summed E-state index contributed by atoms with van der Waals surface area (Å²) in [6, 6.07) is 5.17. The van der Waals surface area contributed by atoms with E-state index >= 15 is 0 Å². The number of aromatic hydroxyl groups is 1. The van der Waals surface area contributed by atoms with Crippen molar-refractivity contribution in [2.75, 3.05) is 0 Å². The molecule has 1 nitrogen and oxygen atoms in total. The van der Waals surface area contributed by atoms with Crippen LogP contribution in [-0.2, 0) is 5.88 Å². The van der Waals surface area contributed by atoms with Crippen LogP contribution in [0.4, 0.5) is 0 Å². The summed E-state index contributed by atoms with van der Waals surface area (Å²) in [6.45, 7) is 0. The normalized spacial score (nSPS) is 9.80. The van der Waals surface area contributed by atoms with Crippen LogP contribution in [0.1, 0.15) is 5.56 Å². The van der Waals surface area contributed by atoms with Gasteiger partial charge in [0.05, 0.1) is 0 Å². The molecule has 0 aliphatic carbocycles. The molecule has 0 saturated carbocycles. The van der Waals surface area contributed by atoms with E-state index in [1.54, 1.807) is 12.1 Å². The van der Waals surface area contributed by atoms with Crippen LogP contribution in [0.15, 0.2) is 18.2 Å². The lowest BCUT2D eigenvalue weighted by Gasteiger charge is -1.98. The molecule has 0 radical (unpaired) electrons. The monoisotopic (exact) mass is 268 g/mol. The predicted octanol–water partition coefficient (Wildman–Crippen LogP) is 2.74. The molecular weight excluding hydrogens is 262 g/mol. The van der Waals surface area contributed by atoms with E-state index < -0.39 is 0 Å². The molecule has 1 aromatic rings. The minimum absolute atomic E-state index is 0.274. The molecule has 0 bridgehead atoms. The summed E-state index contributed by atoms with van der Waals surface area (Å²) in [7, 11) is 0. The Bertz CT molecular complexity index is 237. The molecule has 1 rings (SSSR count). The van der Waals surface area contributed by atoms with Gasteiger partial charge in [0, 0.05) is 9.45 Å². The zero-order chi connectivity index (χ0) is 7.56. The molecule has 0 unspecified atom stereocenters. The van der Waals surface area contributed by atoms with Crippen molar-refractivity contribution in [3.8, 4) is 5.75 Å². The van der Waals surface area contributed by atoms with Gasteiger partial charge >= 0.3 is 0 Å². The summed E-state index contributed by atoms with van der Waals surface area (Å²) in [5, 5.41) is 9.01. The molecule has 3 heteroatoms. The molecule has 0 amide bonds. The van der Waals surface area contributed by atoms with Gasteiger partial charge in [0.25, 0.3) is 0 Å². The highest BCUT2D eigenvalue weighted by atomic mass is 127. The highest BCUT2D eigenvalue weighted by Crippen LogP contribution is 2.19. The van der Waals surface area contributed by atoms with Crippen LogP contribution in [-0.4, -0.2) is 5.11 Å². The molecule has 0 spiro atoms. The van der Waals surface area contributed by atoms with Crippen LogP contribution in [0.5, 0.6) is 5.75 Å². The second kappa shape index (κ2) is 3.44. The molecule has 54 valence electrons. The van der Waals surface area contributed by atoms with E-state index in [0.717, 1.165) is 9.13 Å². The first-order valence-corrected chi connectivity index (χ1v) is 4.38. The van der Waals surface area contributed by atoms with Crippen molar-refractivity contribution in [3.05, 3.63) is 27.3 Å².